The van der Waals surface area contributed by atoms with Crippen molar-refractivity contribution in [3.63, 3.8) is 0 Å². The topological polar surface area (TPSA) is 45.0 Å². The Morgan fingerprint density at radius 2 is 2.33 bits per heavy atom. The van der Waals surface area contributed by atoms with Gasteiger partial charge in [-0.1, -0.05) is 6.92 Å². The van der Waals surface area contributed by atoms with Crippen molar-refractivity contribution in [1.82, 2.24) is 5.32 Å². The van der Waals surface area contributed by atoms with Gasteiger partial charge in [0.05, 0.1) is 24.5 Å². The zero-order valence-corrected chi connectivity index (χ0v) is 10.4. The summed E-state index contributed by atoms with van der Waals surface area (Å²) in [5.74, 6) is 1.14. The van der Waals surface area contributed by atoms with Crippen molar-refractivity contribution in [3.05, 3.63) is 0 Å². The molecule has 1 rings (SSSR count). The SMILES string of the molecule is CCC(C#N)(CCCSC1COC1)NC. The van der Waals surface area contributed by atoms with Crippen LogP contribution in [0.5, 0.6) is 0 Å². The fraction of sp³-hybridized carbons (Fsp3) is 0.909. The number of rotatable bonds is 7. The normalized spacial score (nSPS) is 20.3. The van der Waals surface area contributed by atoms with E-state index < -0.39 is 0 Å². The molecule has 0 aromatic carbocycles. The molecule has 0 amide bonds. The number of ether oxygens (including phenoxy) is 1. The Labute approximate surface area is 96.6 Å². The molecule has 1 fully saturated rings. The highest BCUT2D eigenvalue weighted by Crippen LogP contribution is 2.23. The molecule has 1 atom stereocenters. The molecule has 0 aromatic rings. The van der Waals surface area contributed by atoms with E-state index in [1.54, 1.807) is 0 Å². The van der Waals surface area contributed by atoms with Crippen LogP contribution in [0.4, 0.5) is 0 Å². The maximum atomic E-state index is 9.10. The van der Waals surface area contributed by atoms with Crippen LogP contribution in [0.25, 0.3) is 0 Å². The third kappa shape index (κ3) is 3.67. The summed E-state index contributed by atoms with van der Waals surface area (Å²) in [5, 5.41) is 12.9. The predicted octanol–water partition coefficient (Wildman–Crippen LogP) is 1.79. The van der Waals surface area contributed by atoms with Crippen LogP contribution in [0, 0.1) is 11.3 Å². The highest BCUT2D eigenvalue weighted by molar-refractivity contribution is 8.00. The minimum Gasteiger partial charge on any atom is -0.379 e. The molecule has 0 aromatic heterocycles. The van der Waals surface area contributed by atoms with Crippen LogP contribution < -0.4 is 5.32 Å². The lowest BCUT2D eigenvalue weighted by molar-refractivity contribution is 0.0455. The first-order valence-corrected chi connectivity index (χ1v) is 6.60. The molecule has 1 saturated heterocycles. The molecule has 0 spiro atoms. The molecule has 1 aliphatic heterocycles. The first kappa shape index (κ1) is 12.8. The molecule has 15 heavy (non-hydrogen) atoms. The zero-order valence-electron chi connectivity index (χ0n) is 9.58. The average molecular weight is 228 g/mol. The van der Waals surface area contributed by atoms with Crippen molar-refractivity contribution in [2.45, 2.75) is 37.0 Å². The molecule has 1 N–H and O–H groups in total. The smallest absolute Gasteiger partial charge is 0.106 e. The molecular weight excluding hydrogens is 208 g/mol. The van der Waals surface area contributed by atoms with E-state index in [2.05, 4.69) is 18.3 Å². The van der Waals surface area contributed by atoms with Gasteiger partial charge >= 0.3 is 0 Å². The Morgan fingerprint density at radius 1 is 1.60 bits per heavy atom. The van der Waals surface area contributed by atoms with Crippen molar-refractivity contribution in [2.75, 3.05) is 26.0 Å². The molecular formula is C11H20N2OS. The standard InChI is InChI=1S/C11H20N2OS/c1-3-11(9-12,13-2)5-4-6-15-10-7-14-8-10/h10,13H,3-8H2,1-2H3. The Bertz CT molecular complexity index is 219. The summed E-state index contributed by atoms with van der Waals surface area (Å²) in [6.07, 6.45) is 2.91. The number of hydrogen-bond acceptors (Lipinski definition) is 4. The predicted molar refractivity (Wildman–Crippen MR) is 64.0 cm³/mol. The van der Waals surface area contributed by atoms with E-state index in [0.29, 0.717) is 5.25 Å². The van der Waals surface area contributed by atoms with E-state index in [1.807, 2.05) is 18.8 Å². The quantitative estimate of drug-likeness (QED) is 0.675. The van der Waals surface area contributed by atoms with Gasteiger partial charge in [0.2, 0.25) is 0 Å². The summed E-state index contributed by atoms with van der Waals surface area (Å²) in [6.45, 7) is 3.88. The first-order chi connectivity index (χ1) is 7.26. The molecule has 4 heteroatoms. The van der Waals surface area contributed by atoms with Gasteiger partial charge in [0.1, 0.15) is 5.54 Å². The third-order valence-corrected chi connectivity index (χ3v) is 4.27. The Morgan fingerprint density at radius 3 is 2.73 bits per heavy atom. The molecule has 0 aliphatic carbocycles. The summed E-state index contributed by atoms with van der Waals surface area (Å²) in [6, 6.07) is 2.39. The van der Waals surface area contributed by atoms with E-state index in [1.165, 1.54) is 0 Å². The van der Waals surface area contributed by atoms with Crippen LogP contribution in [0.2, 0.25) is 0 Å². The van der Waals surface area contributed by atoms with Crippen LogP contribution in [0.15, 0.2) is 0 Å². The Balaban J connectivity index is 2.13. The number of thioether (sulfide) groups is 1. The highest BCUT2D eigenvalue weighted by atomic mass is 32.2. The van der Waals surface area contributed by atoms with Gasteiger partial charge in [-0.15, -0.1) is 0 Å². The average Bonchev–Trinajstić information content (AvgIpc) is 2.22. The summed E-state index contributed by atoms with van der Waals surface area (Å²) in [7, 11) is 1.87. The molecule has 0 bridgehead atoms. The van der Waals surface area contributed by atoms with Crippen molar-refractivity contribution < 1.29 is 4.74 Å². The summed E-state index contributed by atoms with van der Waals surface area (Å²) in [4.78, 5) is 0. The fourth-order valence-corrected chi connectivity index (χ4v) is 2.63. The number of nitrogens with zero attached hydrogens (tertiary/aromatic N) is 1. The van der Waals surface area contributed by atoms with Gasteiger partial charge in [0.25, 0.3) is 0 Å². The number of nitrogens with one attached hydrogen (secondary N) is 1. The van der Waals surface area contributed by atoms with Gasteiger partial charge in [0, 0.05) is 0 Å². The second-order valence-corrected chi connectivity index (χ2v) is 5.34. The second kappa shape index (κ2) is 6.37. The third-order valence-electron chi connectivity index (χ3n) is 3.01. The molecule has 86 valence electrons. The lowest BCUT2D eigenvalue weighted by atomic mass is 9.93. The number of hydrogen-bond donors (Lipinski definition) is 1. The van der Waals surface area contributed by atoms with Crippen LogP contribution >= 0.6 is 11.8 Å². The van der Waals surface area contributed by atoms with Crippen LogP contribution in [-0.4, -0.2) is 36.8 Å². The monoisotopic (exact) mass is 228 g/mol. The van der Waals surface area contributed by atoms with E-state index in [-0.39, 0.29) is 5.54 Å². The fourth-order valence-electron chi connectivity index (χ4n) is 1.60. The maximum absolute atomic E-state index is 9.10. The van der Waals surface area contributed by atoms with E-state index in [4.69, 9.17) is 10.00 Å². The minimum absolute atomic E-state index is 0.309. The first-order valence-electron chi connectivity index (χ1n) is 5.56. The number of nitriles is 1. The highest BCUT2D eigenvalue weighted by Gasteiger charge is 2.25. The van der Waals surface area contributed by atoms with Crippen molar-refractivity contribution in [2.24, 2.45) is 0 Å². The van der Waals surface area contributed by atoms with Gasteiger partial charge < -0.3 is 10.1 Å². The summed E-state index contributed by atoms with van der Waals surface area (Å²) >= 11 is 1.97. The van der Waals surface area contributed by atoms with E-state index in [0.717, 1.165) is 38.2 Å². The largest absolute Gasteiger partial charge is 0.379 e. The van der Waals surface area contributed by atoms with Gasteiger partial charge in [-0.25, -0.2) is 0 Å². The van der Waals surface area contributed by atoms with Gasteiger partial charge in [-0.2, -0.15) is 17.0 Å². The van der Waals surface area contributed by atoms with E-state index >= 15 is 0 Å². The van der Waals surface area contributed by atoms with E-state index in [9.17, 15) is 0 Å². The summed E-state index contributed by atoms with van der Waals surface area (Å²) < 4.78 is 5.11. The van der Waals surface area contributed by atoms with Crippen molar-refractivity contribution >= 4 is 11.8 Å². The van der Waals surface area contributed by atoms with Crippen molar-refractivity contribution in [3.8, 4) is 6.07 Å². The molecule has 1 heterocycles. The maximum Gasteiger partial charge on any atom is 0.106 e. The van der Waals surface area contributed by atoms with Crippen LogP contribution in [0.1, 0.15) is 26.2 Å². The zero-order chi connectivity index (χ0) is 11.1. The lowest BCUT2D eigenvalue weighted by Crippen LogP contribution is -2.40. The molecule has 1 unspecified atom stereocenters. The van der Waals surface area contributed by atoms with Gasteiger partial charge in [-0.05, 0) is 32.1 Å². The Hall–Kier alpha value is -0.240. The van der Waals surface area contributed by atoms with Crippen LogP contribution in [-0.2, 0) is 4.74 Å². The lowest BCUT2D eigenvalue weighted by Gasteiger charge is -2.27. The molecule has 0 radical (unpaired) electrons. The Kier molecular flexibility index (Phi) is 5.44. The summed E-state index contributed by atoms with van der Waals surface area (Å²) in [5.41, 5.74) is -0.309. The van der Waals surface area contributed by atoms with Crippen LogP contribution in [0.3, 0.4) is 0 Å². The van der Waals surface area contributed by atoms with Gasteiger partial charge in [0.15, 0.2) is 0 Å². The van der Waals surface area contributed by atoms with Crippen molar-refractivity contribution in [1.29, 1.82) is 5.26 Å². The molecule has 0 saturated carbocycles. The minimum atomic E-state index is -0.309. The molecule has 3 nitrogen and oxygen atoms in total. The van der Waals surface area contributed by atoms with Gasteiger partial charge in [-0.3, -0.25) is 0 Å². The molecule has 1 aliphatic rings. The second-order valence-electron chi connectivity index (χ2n) is 3.93.